The third kappa shape index (κ3) is 4.64. The second-order valence-electron chi connectivity index (χ2n) is 4.78. The lowest BCUT2D eigenvalue weighted by Crippen LogP contribution is -2.32. The zero-order valence-corrected chi connectivity index (χ0v) is 15.5. The van der Waals surface area contributed by atoms with E-state index in [4.69, 9.17) is 4.74 Å². The van der Waals surface area contributed by atoms with Crippen LogP contribution in [0.25, 0.3) is 0 Å². The van der Waals surface area contributed by atoms with Crippen LogP contribution in [-0.2, 0) is 6.42 Å². The Hall–Kier alpha value is -1.21. The molecule has 2 aromatic rings. The third-order valence-electron chi connectivity index (χ3n) is 3.41. The van der Waals surface area contributed by atoms with E-state index in [1.165, 1.54) is 5.56 Å². The van der Waals surface area contributed by atoms with Crippen LogP contribution in [0.4, 0.5) is 0 Å². The Morgan fingerprint density at radius 1 is 1.14 bits per heavy atom. The Morgan fingerprint density at radius 3 is 2.36 bits per heavy atom. The van der Waals surface area contributed by atoms with Gasteiger partial charge in [0.1, 0.15) is 11.6 Å². The van der Waals surface area contributed by atoms with Gasteiger partial charge in [-0.2, -0.15) is 15.8 Å². The second-order valence-corrected chi connectivity index (χ2v) is 5.54. The van der Waals surface area contributed by atoms with E-state index in [1.54, 1.807) is 7.11 Å². The fourth-order valence-electron chi connectivity index (χ4n) is 2.18. The molecule has 0 saturated heterocycles. The molecule has 0 aliphatic heterocycles. The van der Waals surface area contributed by atoms with Crippen molar-refractivity contribution in [3.05, 3.63) is 65.7 Å². The van der Waals surface area contributed by atoms with E-state index >= 15 is 0 Å². The Kier molecular flexibility index (Phi) is 7.05. The molecule has 2 aromatic carbocycles. The molecule has 116 valence electrons. The van der Waals surface area contributed by atoms with Gasteiger partial charge in [-0.05, 0) is 36.2 Å². The van der Waals surface area contributed by atoms with Crippen LogP contribution in [0.2, 0.25) is 0 Å². The van der Waals surface area contributed by atoms with Gasteiger partial charge in [0, 0.05) is 12.1 Å². The average molecular weight is 426 g/mol. The van der Waals surface area contributed by atoms with E-state index in [2.05, 4.69) is 45.0 Å². The molecule has 0 heterocycles. The molecule has 0 radical (unpaired) electrons. The molecule has 0 N–H and O–H groups in total. The topological polar surface area (TPSA) is 24.8 Å². The largest absolute Gasteiger partial charge is 0.497 e. The molecular formula is C17H19IN2OS. The fourth-order valence-corrected chi connectivity index (χ4v) is 3.04. The van der Waals surface area contributed by atoms with Crippen molar-refractivity contribution in [1.82, 2.24) is 4.90 Å². The summed E-state index contributed by atoms with van der Waals surface area (Å²) in [5, 5.41) is 0. The summed E-state index contributed by atoms with van der Waals surface area (Å²) < 4.78 is 9.62. The number of hydrogen-bond donors (Lipinski definition) is 1. The summed E-state index contributed by atoms with van der Waals surface area (Å²) in [6.07, 6.45) is 0.965. The highest BCUT2D eigenvalue weighted by molar-refractivity contribution is 14.1. The molecule has 5 heteroatoms. The first-order valence-electron chi connectivity index (χ1n) is 7.01. The van der Waals surface area contributed by atoms with Gasteiger partial charge in [0.2, 0.25) is 0 Å². The Balaban J connectivity index is 2.09. The maximum atomic E-state index is 5.20. The highest BCUT2D eigenvalue weighted by Gasteiger charge is 2.12. The molecule has 2 rings (SSSR count). The number of methoxy groups -OCH3 is 1. The molecule has 0 saturated carbocycles. The van der Waals surface area contributed by atoms with Crippen molar-refractivity contribution < 1.29 is 4.74 Å². The first kappa shape index (κ1) is 17.1. The monoisotopic (exact) mass is 426 g/mol. The molecule has 0 amide bonds. The van der Waals surface area contributed by atoms with Crippen molar-refractivity contribution in [1.29, 1.82) is 0 Å². The lowest BCUT2D eigenvalue weighted by Gasteiger charge is -2.24. The first-order valence-corrected chi connectivity index (χ1v) is 8.61. The minimum Gasteiger partial charge on any atom is -0.497 e. The highest BCUT2D eigenvalue weighted by Crippen LogP contribution is 2.16. The average Bonchev–Trinajstić information content (AvgIpc) is 2.59. The molecule has 0 aliphatic carbocycles. The van der Waals surface area contributed by atoms with Gasteiger partial charge < -0.3 is 9.64 Å². The lowest BCUT2D eigenvalue weighted by molar-refractivity contribution is 0.414. The number of amidine groups is 1. The standard InChI is InChI=1S/C17H19IN2OS/c1-21-16-9-7-15(8-10-16)17(19-18)20(13-22)12-11-14-5-3-2-4-6-14/h2-10,22H,11-13H2,1H3/b19-17-. The number of thiol groups is 1. The molecule has 0 bridgehead atoms. The molecule has 0 atom stereocenters. The molecule has 0 aliphatic rings. The summed E-state index contributed by atoms with van der Waals surface area (Å²) in [6.45, 7) is 0.876. The van der Waals surface area contributed by atoms with Crippen molar-refractivity contribution in [3.63, 3.8) is 0 Å². The van der Waals surface area contributed by atoms with Crippen molar-refractivity contribution in [3.8, 4) is 5.75 Å². The number of nitrogens with zero attached hydrogens (tertiary/aromatic N) is 2. The maximum absolute atomic E-state index is 5.20. The Labute approximate surface area is 151 Å². The van der Waals surface area contributed by atoms with Crippen LogP contribution in [-0.4, -0.2) is 30.3 Å². The number of benzene rings is 2. The van der Waals surface area contributed by atoms with E-state index in [9.17, 15) is 0 Å². The van der Waals surface area contributed by atoms with E-state index in [0.29, 0.717) is 5.88 Å². The molecule has 0 aromatic heterocycles. The minimum absolute atomic E-state index is 0.626. The molecule has 0 spiro atoms. The lowest BCUT2D eigenvalue weighted by atomic mass is 10.1. The van der Waals surface area contributed by atoms with Gasteiger partial charge in [-0.3, -0.25) is 0 Å². The second kappa shape index (κ2) is 9.05. The molecule has 0 unspecified atom stereocenters. The van der Waals surface area contributed by atoms with E-state index in [-0.39, 0.29) is 0 Å². The summed E-state index contributed by atoms with van der Waals surface area (Å²) in [4.78, 5) is 2.17. The maximum Gasteiger partial charge on any atom is 0.142 e. The first-order chi connectivity index (χ1) is 10.8. The molecule has 22 heavy (non-hydrogen) atoms. The third-order valence-corrected chi connectivity index (χ3v) is 4.21. The smallest absolute Gasteiger partial charge is 0.142 e. The van der Waals surface area contributed by atoms with Gasteiger partial charge in [-0.25, -0.2) is 0 Å². The summed E-state index contributed by atoms with van der Waals surface area (Å²) in [7, 11) is 1.67. The number of halogens is 1. The van der Waals surface area contributed by atoms with Crippen molar-refractivity contribution in [2.75, 3.05) is 19.5 Å². The summed E-state index contributed by atoms with van der Waals surface area (Å²) in [5.74, 6) is 2.41. The SMILES string of the molecule is COc1ccc(/C(=N/I)N(CS)CCc2ccccc2)cc1. The van der Waals surface area contributed by atoms with Crippen LogP contribution in [0.1, 0.15) is 11.1 Å². The molecule has 0 fully saturated rings. The van der Waals surface area contributed by atoms with Crippen LogP contribution in [0.3, 0.4) is 0 Å². The molecule has 3 nitrogen and oxygen atoms in total. The van der Waals surface area contributed by atoms with Crippen molar-refractivity contribution in [2.24, 2.45) is 3.21 Å². The number of hydrogen-bond acceptors (Lipinski definition) is 3. The van der Waals surface area contributed by atoms with E-state index in [0.717, 1.165) is 30.1 Å². The summed E-state index contributed by atoms with van der Waals surface area (Å²) in [6, 6.07) is 18.4. The van der Waals surface area contributed by atoms with Crippen LogP contribution in [0.5, 0.6) is 5.75 Å². The molecular weight excluding hydrogens is 407 g/mol. The zero-order chi connectivity index (χ0) is 15.8. The normalized spacial score (nSPS) is 11.3. The zero-order valence-electron chi connectivity index (χ0n) is 12.4. The van der Waals surface area contributed by atoms with Crippen LogP contribution in [0, 0.1) is 0 Å². The number of ether oxygens (including phenoxy) is 1. The fraction of sp³-hybridized carbons (Fsp3) is 0.235. The van der Waals surface area contributed by atoms with Gasteiger partial charge in [-0.1, -0.05) is 30.3 Å². The van der Waals surface area contributed by atoms with Crippen molar-refractivity contribution in [2.45, 2.75) is 6.42 Å². The minimum atomic E-state index is 0.626. The predicted octanol–water partition coefficient (Wildman–Crippen LogP) is 4.22. The number of rotatable bonds is 6. The van der Waals surface area contributed by atoms with Crippen LogP contribution < -0.4 is 4.74 Å². The Morgan fingerprint density at radius 2 is 1.82 bits per heavy atom. The summed E-state index contributed by atoms with van der Waals surface area (Å²) in [5.41, 5.74) is 2.38. The van der Waals surface area contributed by atoms with Gasteiger partial charge in [-0.15, -0.1) is 0 Å². The van der Waals surface area contributed by atoms with Gasteiger partial charge in [0.25, 0.3) is 0 Å². The predicted molar refractivity (Wildman–Crippen MR) is 104 cm³/mol. The van der Waals surface area contributed by atoms with Gasteiger partial charge >= 0.3 is 0 Å². The Bertz CT molecular complexity index is 602. The van der Waals surface area contributed by atoms with Crippen molar-refractivity contribution >= 4 is 41.3 Å². The van der Waals surface area contributed by atoms with Crippen LogP contribution >= 0.6 is 35.5 Å². The quantitative estimate of drug-likeness (QED) is 0.246. The van der Waals surface area contributed by atoms with Gasteiger partial charge in [0.05, 0.1) is 35.9 Å². The van der Waals surface area contributed by atoms with Crippen LogP contribution in [0.15, 0.2) is 57.8 Å². The van der Waals surface area contributed by atoms with Gasteiger partial charge in [0.15, 0.2) is 0 Å². The summed E-state index contributed by atoms with van der Waals surface area (Å²) >= 11 is 6.51. The van der Waals surface area contributed by atoms with E-state index < -0.39 is 0 Å². The highest BCUT2D eigenvalue weighted by atomic mass is 127. The van der Waals surface area contributed by atoms with E-state index in [1.807, 2.05) is 53.2 Å².